The van der Waals surface area contributed by atoms with Crippen LogP contribution in [-0.2, 0) is 17.9 Å². The van der Waals surface area contributed by atoms with Crippen molar-refractivity contribution in [3.8, 4) is 11.4 Å². The monoisotopic (exact) mass is 340 g/mol. The second-order valence-electron chi connectivity index (χ2n) is 6.41. The van der Waals surface area contributed by atoms with E-state index >= 15 is 0 Å². The zero-order chi connectivity index (χ0) is 17.4. The summed E-state index contributed by atoms with van der Waals surface area (Å²) in [5.74, 6) is 1.54. The molecule has 1 aromatic heterocycles. The molecule has 8 nitrogen and oxygen atoms in total. The van der Waals surface area contributed by atoms with E-state index in [0.29, 0.717) is 32.6 Å². The van der Waals surface area contributed by atoms with Gasteiger partial charge in [0.05, 0.1) is 6.54 Å². The molecule has 0 bridgehead atoms. The smallest absolute Gasteiger partial charge is 0.315 e. The van der Waals surface area contributed by atoms with Crippen molar-refractivity contribution in [1.29, 1.82) is 0 Å². The second kappa shape index (κ2) is 6.19. The maximum atomic E-state index is 12.8. The van der Waals surface area contributed by atoms with E-state index in [1.807, 2.05) is 30.3 Å². The lowest BCUT2D eigenvalue weighted by molar-refractivity contribution is -0.136. The summed E-state index contributed by atoms with van der Waals surface area (Å²) < 4.78 is 2.06. The minimum atomic E-state index is -0.526. The lowest BCUT2D eigenvalue weighted by Crippen LogP contribution is -2.51. The van der Waals surface area contributed by atoms with E-state index in [2.05, 4.69) is 14.8 Å². The van der Waals surface area contributed by atoms with Crippen LogP contribution in [0, 0.1) is 0 Å². The minimum absolute atomic E-state index is 0.0492. The number of urea groups is 1. The summed E-state index contributed by atoms with van der Waals surface area (Å²) in [6.07, 6.45) is 1.47. The molecule has 3 heterocycles. The molecule has 0 unspecified atom stereocenters. The lowest BCUT2D eigenvalue weighted by Gasteiger charge is -2.32. The van der Waals surface area contributed by atoms with Crippen LogP contribution >= 0.6 is 0 Å². The van der Waals surface area contributed by atoms with E-state index in [1.54, 1.807) is 4.90 Å². The van der Waals surface area contributed by atoms with Gasteiger partial charge >= 0.3 is 6.03 Å². The predicted molar refractivity (Wildman–Crippen MR) is 90.2 cm³/mol. The molecular formula is C17H20N6O2. The van der Waals surface area contributed by atoms with Crippen LogP contribution < -0.4 is 5.73 Å². The Balaban J connectivity index is 1.53. The average molecular weight is 340 g/mol. The van der Waals surface area contributed by atoms with Crippen molar-refractivity contribution in [3.63, 3.8) is 0 Å². The van der Waals surface area contributed by atoms with Gasteiger partial charge in [-0.25, -0.2) is 4.79 Å². The van der Waals surface area contributed by atoms with Crippen LogP contribution in [0.15, 0.2) is 30.3 Å². The number of primary amides is 1. The normalized spacial score (nSPS) is 19.8. The highest BCUT2D eigenvalue weighted by molar-refractivity contribution is 5.87. The highest BCUT2D eigenvalue weighted by Gasteiger charge is 2.37. The fourth-order valence-electron chi connectivity index (χ4n) is 3.64. The Morgan fingerprint density at radius 3 is 2.64 bits per heavy atom. The van der Waals surface area contributed by atoms with Gasteiger partial charge in [-0.1, -0.05) is 30.3 Å². The molecule has 8 heteroatoms. The lowest BCUT2D eigenvalue weighted by atomic mass is 10.1. The molecular weight excluding hydrogens is 320 g/mol. The zero-order valence-corrected chi connectivity index (χ0v) is 13.8. The number of fused-ring (bicyclic) bond motifs is 1. The number of benzene rings is 1. The zero-order valence-electron chi connectivity index (χ0n) is 13.8. The van der Waals surface area contributed by atoms with E-state index in [4.69, 9.17) is 5.73 Å². The first-order valence-electron chi connectivity index (χ1n) is 8.47. The molecule has 1 aromatic carbocycles. The predicted octanol–water partition coefficient (Wildman–Crippen LogP) is 0.830. The van der Waals surface area contributed by atoms with Crippen LogP contribution in [-0.4, -0.2) is 55.6 Å². The number of nitrogens with zero attached hydrogens (tertiary/aromatic N) is 5. The summed E-state index contributed by atoms with van der Waals surface area (Å²) in [7, 11) is 0. The van der Waals surface area contributed by atoms with Gasteiger partial charge in [0.15, 0.2) is 11.6 Å². The second-order valence-corrected chi connectivity index (χ2v) is 6.41. The molecule has 1 atom stereocenters. The van der Waals surface area contributed by atoms with Crippen LogP contribution in [0.2, 0.25) is 0 Å². The number of hydrogen-bond acceptors (Lipinski definition) is 4. The van der Waals surface area contributed by atoms with Crippen molar-refractivity contribution in [2.45, 2.75) is 32.0 Å². The van der Waals surface area contributed by atoms with Crippen molar-refractivity contribution in [1.82, 2.24) is 24.6 Å². The molecule has 1 saturated heterocycles. The number of likely N-dealkylation sites (tertiary alicyclic amines) is 1. The fraction of sp³-hybridized carbons (Fsp3) is 0.412. The molecule has 3 amide bonds. The number of nitrogens with two attached hydrogens (primary N) is 1. The van der Waals surface area contributed by atoms with Crippen molar-refractivity contribution in [2.75, 3.05) is 13.1 Å². The molecule has 2 aliphatic heterocycles. The van der Waals surface area contributed by atoms with Gasteiger partial charge < -0.3 is 20.1 Å². The molecule has 0 radical (unpaired) electrons. The third-order valence-corrected chi connectivity index (χ3v) is 4.92. The first kappa shape index (κ1) is 15.6. The maximum absolute atomic E-state index is 12.8. The summed E-state index contributed by atoms with van der Waals surface area (Å²) in [5.41, 5.74) is 6.40. The van der Waals surface area contributed by atoms with Crippen LogP contribution in [0.4, 0.5) is 4.79 Å². The van der Waals surface area contributed by atoms with Gasteiger partial charge in [0.25, 0.3) is 0 Å². The fourth-order valence-corrected chi connectivity index (χ4v) is 3.64. The van der Waals surface area contributed by atoms with Crippen LogP contribution in [0.5, 0.6) is 0 Å². The van der Waals surface area contributed by atoms with Crippen molar-refractivity contribution < 1.29 is 9.59 Å². The number of carbonyl (C=O) groups excluding carboxylic acids is 2. The quantitative estimate of drug-likeness (QED) is 0.875. The largest absolute Gasteiger partial charge is 0.351 e. The molecule has 0 saturated carbocycles. The first-order chi connectivity index (χ1) is 12.1. The Hall–Kier alpha value is -2.90. The topological polar surface area (TPSA) is 97.3 Å². The minimum Gasteiger partial charge on any atom is -0.351 e. The third-order valence-electron chi connectivity index (χ3n) is 4.92. The summed E-state index contributed by atoms with van der Waals surface area (Å²) in [6.45, 7) is 2.17. The van der Waals surface area contributed by atoms with Crippen molar-refractivity contribution in [3.05, 3.63) is 36.2 Å². The van der Waals surface area contributed by atoms with Gasteiger partial charge in [0, 0.05) is 25.2 Å². The molecule has 25 heavy (non-hydrogen) atoms. The van der Waals surface area contributed by atoms with Gasteiger partial charge in [-0.2, -0.15) is 0 Å². The van der Waals surface area contributed by atoms with Gasteiger partial charge in [-0.15, -0.1) is 10.2 Å². The molecule has 0 aliphatic carbocycles. The Morgan fingerprint density at radius 1 is 1.08 bits per heavy atom. The molecule has 2 aromatic rings. The highest BCUT2D eigenvalue weighted by Crippen LogP contribution is 2.24. The van der Waals surface area contributed by atoms with Gasteiger partial charge in [0.1, 0.15) is 6.04 Å². The number of aromatic nitrogens is 3. The number of rotatable bonds is 2. The van der Waals surface area contributed by atoms with Crippen LogP contribution in [0.25, 0.3) is 11.4 Å². The maximum Gasteiger partial charge on any atom is 0.315 e. The van der Waals surface area contributed by atoms with E-state index < -0.39 is 12.1 Å². The standard InChI is InChI=1S/C17H20N6O2/c18-17(25)22-8-4-7-13(22)16(24)21-9-10-23-14(11-21)19-20-15(23)12-5-2-1-3-6-12/h1-3,5-6,13H,4,7-11H2,(H2,18,25)/t13-/m0/s1. The first-order valence-corrected chi connectivity index (χ1v) is 8.47. The summed E-state index contributed by atoms with van der Waals surface area (Å²) in [6, 6.07) is 8.92. The Morgan fingerprint density at radius 2 is 1.88 bits per heavy atom. The Kier molecular flexibility index (Phi) is 3.87. The third kappa shape index (κ3) is 2.73. The van der Waals surface area contributed by atoms with Gasteiger partial charge in [-0.05, 0) is 12.8 Å². The van der Waals surface area contributed by atoms with Gasteiger partial charge in [-0.3, -0.25) is 4.79 Å². The number of hydrogen-bond donors (Lipinski definition) is 1. The number of amides is 3. The van der Waals surface area contributed by atoms with E-state index in [0.717, 1.165) is 23.6 Å². The average Bonchev–Trinajstić information content (AvgIpc) is 3.28. The van der Waals surface area contributed by atoms with E-state index in [9.17, 15) is 9.59 Å². The van der Waals surface area contributed by atoms with Crippen LogP contribution in [0.3, 0.4) is 0 Å². The highest BCUT2D eigenvalue weighted by atomic mass is 16.2. The van der Waals surface area contributed by atoms with Crippen LogP contribution in [0.1, 0.15) is 18.7 Å². The van der Waals surface area contributed by atoms with Crippen molar-refractivity contribution in [2.24, 2.45) is 5.73 Å². The Bertz CT molecular complexity index is 803. The molecule has 1 fully saturated rings. The SMILES string of the molecule is NC(=O)N1CCC[C@H]1C(=O)N1CCn2c(nnc2-c2ccccc2)C1. The molecule has 4 rings (SSSR count). The summed E-state index contributed by atoms with van der Waals surface area (Å²) in [5, 5.41) is 8.55. The van der Waals surface area contributed by atoms with Gasteiger partial charge in [0.2, 0.25) is 5.91 Å². The van der Waals surface area contributed by atoms with E-state index in [1.165, 1.54) is 4.90 Å². The molecule has 130 valence electrons. The Labute approximate surface area is 145 Å². The molecule has 2 N–H and O–H groups in total. The molecule has 2 aliphatic rings. The summed E-state index contributed by atoms with van der Waals surface area (Å²) >= 11 is 0. The molecule has 0 spiro atoms. The summed E-state index contributed by atoms with van der Waals surface area (Å²) in [4.78, 5) is 27.6. The van der Waals surface area contributed by atoms with E-state index in [-0.39, 0.29) is 5.91 Å². The number of carbonyl (C=O) groups is 2. The van der Waals surface area contributed by atoms with Crippen molar-refractivity contribution >= 4 is 11.9 Å².